The predicted octanol–water partition coefficient (Wildman–Crippen LogP) is 9.08. The molecule has 2 fully saturated rings. The van der Waals surface area contributed by atoms with Crippen molar-refractivity contribution in [1.29, 1.82) is 0 Å². The number of nitrogens with zero attached hydrogens (tertiary/aromatic N) is 4. The SMILES string of the molecule is CC(C)(C)OC(=O)N1CC(C2CC2)=C[C@H]1C1=NC=C(c2ccc(-c3ccc(C4=CN=C([C@@H]5CCCN5C(=O)OC(C)(C)C)C4)cc3)cc2)C1. The Balaban J connectivity index is 0.960. The van der Waals surface area contributed by atoms with Gasteiger partial charge in [0.25, 0.3) is 0 Å². The number of benzene rings is 2. The van der Waals surface area contributed by atoms with Crippen LogP contribution in [-0.4, -0.2) is 69.8 Å². The van der Waals surface area contributed by atoms with E-state index in [0.29, 0.717) is 25.4 Å². The van der Waals surface area contributed by atoms with Crippen LogP contribution in [0.4, 0.5) is 9.59 Å². The third kappa shape index (κ3) is 7.43. The standard InChI is InChI=1S/C41H48N4O4/c1-40(2,3)48-38(46)44-19-7-8-36(44)34-20-31(23-42-34)28-13-9-26(10-14-28)27-11-15-29(16-12-27)32-21-35(43-24-32)37-22-33(30-17-18-30)25-45(37)39(47)49-41(4,5)6/h9-16,22-24,30,36-37H,7-8,17-21,25H2,1-6H3/t36-,37-/m0/s1. The van der Waals surface area contributed by atoms with Crippen molar-refractivity contribution in [1.82, 2.24) is 9.80 Å². The average molecular weight is 661 g/mol. The number of allylic oxidation sites excluding steroid dienone is 2. The maximum Gasteiger partial charge on any atom is 0.411 e. The molecule has 256 valence electrons. The predicted molar refractivity (Wildman–Crippen MR) is 195 cm³/mol. The van der Waals surface area contributed by atoms with Gasteiger partial charge in [-0.15, -0.1) is 0 Å². The molecular weight excluding hydrogens is 612 g/mol. The van der Waals surface area contributed by atoms with Gasteiger partial charge in [0.1, 0.15) is 11.2 Å². The second-order valence-electron chi connectivity index (χ2n) is 16.0. The van der Waals surface area contributed by atoms with Crippen LogP contribution in [0.5, 0.6) is 0 Å². The van der Waals surface area contributed by atoms with E-state index >= 15 is 0 Å². The van der Waals surface area contributed by atoms with E-state index in [4.69, 9.17) is 19.5 Å². The van der Waals surface area contributed by atoms with Crippen LogP contribution in [0.3, 0.4) is 0 Å². The fourth-order valence-electron chi connectivity index (χ4n) is 7.17. The summed E-state index contributed by atoms with van der Waals surface area (Å²) in [5.41, 5.74) is 9.23. The molecule has 4 heterocycles. The summed E-state index contributed by atoms with van der Waals surface area (Å²) in [6, 6.07) is 17.1. The first-order valence-electron chi connectivity index (χ1n) is 17.7. The maximum atomic E-state index is 13.1. The molecule has 0 N–H and O–H groups in total. The molecule has 7 rings (SSSR count). The van der Waals surface area contributed by atoms with Crippen molar-refractivity contribution in [3.05, 3.63) is 83.7 Å². The molecule has 0 unspecified atom stereocenters. The van der Waals surface area contributed by atoms with Crippen molar-refractivity contribution >= 4 is 34.8 Å². The molecule has 1 aliphatic carbocycles. The van der Waals surface area contributed by atoms with E-state index in [-0.39, 0.29) is 24.3 Å². The van der Waals surface area contributed by atoms with Crippen LogP contribution in [-0.2, 0) is 9.47 Å². The lowest BCUT2D eigenvalue weighted by atomic mass is 9.95. The number of hydrogen-bond donors (Lipinski definition) is 0. The first-order valence-corrected chi connectivity index (χ1v) is 17.7. The van der Waals surface area contributed by atoms with Gasteiger partial charge in [0, 0.05) is 49.8 Å². The number of rotatable bonds is 6. The summed E-state index contributed by atoms with van der Waals surface area (Å²) >= 11 is 0. The minimum absolute atomic E-state index is 0.00315. The zero-order chi connectivity index (χ0) is 34.5. The van der Waals surface area contributed by atoms with Crippen LogP contribution >= 0.6 is 0 Å². The second kappa shape index (κ2) is 12.8. The third-order valence-electron chi connectivity index (χ3n) is 9.76. The molecule has 8 nitrogen and oxygen atoms in total. The third-order valence-corrected chi connectivity index (χ3v) is 9.76. The molecule has 0 aromatic heterocycles. The second-order valence-corrected chi connectivity index (χ2v) is 16.0. The van der Waals surface area contributed by atoms with Crippen LogP contribution in [0.2, 0.25) is 0 Å². The zero-order valence-corrected chi connectivity index (χ0v) is 29.7. The smallest absolute Gasteiger partial charge is 0.411 e. The summed E-state index contributed by atoms with van der Waals surface area (Å²) in [6.07, 6.45) is 11.4. The van der Waals surface area contributed by atoms with Gasteiger partial charge in [0.15, 0.2) is 0 Å². The highest BCUT2D eigenvalue weighted by Gasteiger charge is 2.40. The largest absolute Gasteiger partial charge is 0.444 e. The highest BCUT2D eigenvalue weighted by atomic mass is 16.6. The molecule has 2 atom stereocenters. The van der Waals surface area contributed by atoms with Gasteiger partial charge in [-0.05, 0) is 112 Å². The fraction of sp³-hybridized carbons (Fsp3) is 0.463. The molecule has 1 saturated heterocycles. The maximum absolute atomic E-state index is 13.1. The Kier molecular flexibility index (Phi) is 8.62. The summed E-state index contributed by atoms with van der Waals surface area (Å²) < 4.78 is 11.4. The van der Waals surface area contributed by atoms with E-state index in [0.717, 1.165) is 58.5 Å². The average Bonchev–Trinajstić information content (AvgIpc) is 3.50. The Bertz CT molecular complexity index is 1780. The van der Waals surface area contributed by atoms with Crippen molar-refractivity contribution in [3.8, 4) is 11.1 Å². The van der Waals surface area contributed by atoms with Gasteiger partial charge in [-0.3, -0.25) is 19.8 Å². The Morgan fingerprint density at radius 3 is 1.69 bits per heavy atom. The van der Waals surface area contributed by atoms with Crippen LogP contribution in [0, 0.1) is 5.92 Å². The fourth-order valence-corrected chi connectivity index (χ4v) is 7.17. The molecule has 49 heavy (non-hydrogen) atoms. The van der Waals surface area contributed by atoms with E-state index < -0.39 is 11.2 Å². The zero-order valence-electron chi connectivity index (χ0n) is 29.7. The number of likely N-dealkylation sites (tertiary alicyclic amines) is 1. The molecular formula is C41H48N4O4. The molecule has 2 aromatic rings. The van der Waals surface area contributed by atoms with Crippen LogP contribution in [0.15, 0.2) is 82.6 Å². The van der Waals surface area contributed by atoms with Gasteiger partial charge in [0.2, 0.25) is 0 Å². The Morgan fingerprint density at radius 2 is 1.16 bits per heavy atom. The van der Waals surface area contributed by atoms with Crippen molar-refractivity contribution in [2.75, 3.05) is 13.1 Å². The quantitative estimate of drug-likeness (QED) is 0.290. The normalized spacial score (nSPS) is 22.4. The van der Waals surface area contributed by atoms with Crippen LogP contribution < -0.4 is 0 Å². The minimum atomic E-state index is -0.541. The molecule has 0 spiro atoms. The molecule has 0 radical (unpaired) electrons. The molecule has 0 bridgehead atoms. The minimum Gasteiger partial charge on any atom is -0.444 e. The van der Waals surface area contributed by atoms with Gasteiger partial charge in [-0.25, -0.2) is 9.59 Å². The molecule has 2 amide bonds. The van der Waals surface area contributed by atoms with E-state index in [1.54, 1.807) is 0 Å². The molecule has 1 saturated carbocycles. The van der Waals surface area contributed by atoms with Crippen LogP contribution in [0.1, 0.15) is 91.2 Å². The Morgan fingerprint density at radius 1 is 0.673 bits per heavy atom. The highest BCUT2D eigenvalue weighted by Crippen LogP contribution is 2.41. The molecule has 8 heteroatoms. The number of aliphatic imine (C=N–C) groups is 2. The van der Waals surface area contributed by atoms with Gasteiger partial charge < -0.3 is 9.47 Å². The first-order chi connectivity index (χ1) is 23.3. The number of ether oxygens (including phenoxy) is 2. The molecule has 4 aliphatic heterocycles. The van der Waals surface area contributed by atoms with E-state index in [2.05, 4.69) is 54.6 Å². The van der Waals surface area contributed by atoms with Crippen molar-refractivity contribution in [3.63, 3.8) is 0 Å². The number of carbonyl (C=O) groups is 2. The van der Waals surface area contributed by atoms with E-state index in [1.165, 1.54) is 24.0 Å². The lowest BCUT2D eigenvalue weighted by Gasteiger charge is -2.29. The van der Waals surface area contributed by atoms with Crippen LogP contribution in [0.25, 0.3) is 22.3 Å². The lowest BCUT2D eigenvalue weighted by Crippen LogP contribution is -2.43. The summed E-state index contributed by atoms with van der Waals surface area (Å²) in [5, 5.41) is 0. The highest BCUT2D eigenvalue weighted by molar-refractivity contribution is 6.04. The van der Waals surface area contributed by atoms with Crippen molar-refractivity contribution < 1.29 is 19.1 Å². The van der Waals surface area contributed by atoms with E-state index in [1.807, 2.05) is 63.7 Å². The summed E-state index contributed by atoms with van der Waals surface area (Å²) in [5.74, 6) is 0.598. The summed E-state index contributed by atoms with van der Waals surface area (Å²) in [6.45, 7) is 12.8. The summed E-state index contributed by atoms with van der Waals surface area (Å²) in [7, 11) is 0. The monoisotopic (exact) mass is 660 g/mol. The van der Waals surface area contributed by atoms with E-state index in [9.17, 15) is 9.59 Å². The summed E-state index contributed by atoms with van der Waals surface area (Å²) in [4.78, 5) is 39.3. The topological polar surface area (TPSA) is 83.8 Å². The molecule has 2 aromatic carbocycles. The molecule has 5 aliphatic rings. The Hall–Kier alpha value is -4.46. The Labute approximate surface area is 290 Å². The number of amides is 2. The van der Waals surface area contributed by atoms with Gasteiger partial charge >= 0.3 is 12.2 Å². The first kappa shape index (κ1) is 33.1. The lowest BCUT2D eigenvalue weighted by molar-refractivity contribution is 0.0258. The number of hydrogen-bond acceptors (Lipinski definition) is 6. The number of carbonyl (C=O) groups excluding carboxylic acids is 2. The van der Waals surface area contributed by atoms with Crippen molar-refractivity contribution in [2.45, 2.75) is 103 Å². The van der Waals surface area contributed by atoms with Crippen molar-refractivity contribution in [2.24, 2.45) is 15.9 Å². The van der Waals surface area contributed by atoms with Gasteiger partial charge in [-0.2, -0.15) is 0 Å². The van der Waals surface area contributed by atoms with Gasteiger partial charge in [-0.1, -0.05) is 54.6 Å². The van der Waals surface area contributed by atoms with Gasteiger partial charge in [0.05, 0.1) is 12.1 Å².